The summed E-state index contributed by atoms with van der Waals surface area (Å²) in [5, 5.41) is 5.80. The van der Waals surface area contributed by atoms with Gasteiger partial charge >= 0.3 is 0 Å². The lowest BCUT2D eigenvalue weighted by molar-refractivity contribution is -0.124. The Hall–Kier alpha value is -1.63. The number of amides is 1. The number of nitrogens with two attached hydrogens (primary N) is 2. The Morgan fingerprint density at radius 3 is 2.86 bits per heavy atom. The first kappa shape index (κ1) is 15.8. The molecule has 0 saturated carbocycles. The van der Waals surface area contributed by atoms with E-state index in [1.165, 1.54) is 11.3 Å². The van der Waals surface area contributed by atoms with Crippen LogP contribution in [0.4, 0.5) is 5.13 Å². The number of halogens is 1. The maximum Gasteiger partial charge on any atom is 0.224 e. The van der Waals surface area contributed by atoms with Crippen LogP contribution in [-0.2, 0) is 11.3 Å². The number of rotatable bonds is 5. The van der Waals surface area contributed by atoms with E-state index in [9.17, 15) is 4.79 Å². The second kappa shape index (κ2) is 6.89. The summed E-state index contributed by atoms with van der Waals surface area (Å²) < 4.78 is 0. The molecule has 0 saturated heterocycles. The summed E-state index contributed by atoms with van der Waals surface area (Å²) in [5.74, 6) is -0.286. The minimum atomic E-state index is -0.207. The molecule has 0 radical (unpaired) electrons. The summed E-state index contributed by atoms with van der Waals surface area (Å²) in [6.45, 7) is 2.48. The van der Waals surface area contributed by atoms with Gasteiger partial charge in [-0.3, -0.25) is 4.79 Å². The summed E-state index contributed by atoms with van der Waals surface area (Å²) in [6.07, 6.45) is 0. The standard InChI is InChI=1S/C14H17ClN4OS/c1-8(5-16)13(20)18-6-10-3-2-9(4-11(10)15)12-7-21-14(17)19-12/h2-4,7-8H,5-6,16H2,1H3,(H2,17,19)(H,18,20). The fraction of sp³-hybridized carbons (Fsp3) is 0.286. The normalized spacial score (nSPS) is 12.1. The van der Waals surface area contributed by atoms with Crippen LogP contribution in [0.5, 0.6) is 0 Å². The molecule has 2 rings (SSSR count). The first-order valence-electron chi connectivity index (χ1n) is 6.49. The first-order valence-corrected chi connectivity index (χ1v) is 7.74. The number of carbonyl (C=O) groups excluding carboxylic acids is 1. The van der Waals surface area contributed by atoms with Crippen LogP contribution in [0, 0.1) is 5.92 Å². The van der Waals surface area contributed by atoms with E-state index in [1.54, 1.807) is 6.92 Å². The fourth-order valence-corrected chi connectivity index (χ4v) is 2.55. The minimum absolute atomic E-state index is 0.0788. The van der Waals surface area contributed by atoms with Crippen molar-refractivity contribution in [3.05, 3.63) is 34.2 Å². The van der Waals surface area contributed by atoms with Gasteiger partial charge in [0, 0.05) is 35.0 Å². The van der Waals surface area contributed by atoms with Crippen molar-refractivity contribution in [2.24, 2.45) is 11.7 Å². The SMILES string of the molecule is CC(CN)C(=O)NCc1ccc(-c2csc(N)n2)cc1Cl. The van der Waals surface area contributed by atoms with Crippen molar-refractivity contribution in [1.29, 1.82) is 0 Å². The molecule has 1 heterocycles. The van der Waals surface area contributed by atoms with Crippen LogP contribution in [-0.4, -0.2) is 17.4 Å². The van der Waals surface area contributed by atoms with Crippen molar-refractivity contribution >= 4 is 34.0 Å². The van der Waals surface area contributed by atoms with Gasteiger partial charge in [-0.15, -0.1) is 11.3 Å². The molecule has 0 aliphatic carbocycles. The zero-order chi connectivity index (χ0) is 15.4. The molecule has 1 aromatic heterocycles. The molecule has 1 unspecified atom stereocenters. The highest BCUT2D eigenvalue weighted by Crippen LogP contribution is 2.27. The van der Waals surface area contributed by atoms with Gasteiger partial charge in [0.15, 0.2) is 5.13 Å². The average molecular weight is 325 g/mol. The predicted molar refractivity (Wildman–Crippen MR) is 87.0 cm³/mol. The Morgan fingerprint density at radius 1 is 1.52 bits per heavy atom. The van der Waals surface area contributed by atoms with E-state index >= 15 is 0 Å². The van der Waals surface area contributed by atoms with Gasteiger partial charge in [0.2, 0.25) is 5.91 Å². The van der Waals surface area contributed by atoms with Crippen molar-refractivity contribution < 1.29 is 4.79 Å². The topological polar surface area (TPSA) is 94.0 Å². The number of anilines is 1. The summed E-state index contributed by atoms with van der Waals surface area (Å²) in [4.78, 5) is 15.9. The maximum atomic E-state index is 11.7. The number of nitrogens with one attached hydrogen (secondary N) is 1. The van der Waals surface area contributed by atoms with Crippen LogP contribution in [0.15, 0.2) is 23.6 Å². The molecule has 1 aromatic carbocycles. The largest absolute Gasteiger partial charge is 0.375 e. The number of nitrogens with zero attached hydrogens (tertiary/aromatic N) is 1. The van der Waals surface area contributed by atoms with Crippen LogP contribution >= 0.6 is 22.9 Å². The first-order chi connectivity index (χ1) is 10.0. The summed E-state index contributed by atoms with van der Waals surface area (Å²) in [6, 6.07) is 5.61. The van der Waals surface area contributed by atoms with Crippen molar-refractivity contribution in [3.63, 3.8) is 0 Å². The van der Waals surface area contributed by atoms with Crippen LogP contribution in [0.3, 0.4) is 0 Å². The molecule has 0 spiro atoms. The molecule has 0 aliphatic rings. The van der Waals surface area contributed by atoms with Gasteiger partial charge in [0.1, 0.15) is 0 Å². The van der Waals surface area contributed by atoms with E-state index < -0.39 is 0 Å². The van der Waals surface area contributed by atoms with Gasteiger partial charge in [-0.2, -0.15) is 0 Å². The van der Waals surface area contributed by atoms with Crippen LogP contribution in [0.1, 0.15) is 12.5 Å². The van der Waals surface area contributed by atoms with Gasteiger partial charge in [-0.05, 0) is 11.6 Å². The number of hydrogen-bond acceptors (Lipinski definition) is 5. The van der Waals surface area contributed by atoms with E-state index in [2.05, 4.69) is 10.3 Å². The van der Waals surface area contributed by atoms with Crippen LogP contribution < -0.4 is 16.8 Å². The molecule has 2 aromatic rings. The minimum Gasteiger partial charge on any atom is -0.375 e. The Labute approximate surface area is 132 Å². The molecular formula is C14H17ClN4OS. The van der Waals surface area contributed by atoms with E-state index in [-0.39, 0.29) is 11.8 Å². The highest BCUT2D eigenvalue weighted by Gasteiger charge is 2.11. The van der Waals surface area contributed by atoms with Gasteiger partial charge in [-0.25, -0.2) is 4.98 Å². The van der Waals surface area contributed by atoms with Gasteiger partial charge in [0.25, 0.3) is 0 Å². The fourth-order valence-electron chi connectivity index (χ4n) is 1.73. The smallest absolute Gasteiger partial charge is 0.224 e. The quantitative estimate of drug-likeness (QED) is 0.786. The van der Waals surface area contributed by atoms with Crippen molar-refractivity contribution in [3.8, 4) is 11.3 Å². The Bertz CT molecular complexity index is 644. The lowest BCUT2D eigenvalue weighted by Crippen LogP contribution is -2.32. The zero-order valence-electron chi connectivity index (χ0n) is 11.6. The van der Waals surface area contributed by atoms with E-state index in [0.717, 1.165) is 16.8 Å². The van der Waals surface area contributed by atoms with Crippen molar-refractivity contribution in [2.75, 3.05) is 12.3 Å². The third-order valence-corrected chi connectivity index (χ3v) is 4.15. The number of hydrogen-bond donors (Lipinski definition) is 3. The van der Waals surface area contributed by atoms with E-state index in [0.29, 0.717) is 23.2 Å². The van der Waals surface area contributed by atoms with Crippen LogP contribution in [0.2, 0.25) is 5.02 Å². The summed E-state index contributed by atoms with van der Waals surface area (Å²) in [5.41, 5.74) is 13.6. The lowest BCUT2D eigenvalue weighted by Gasteiger charge is -2.11. The van der Waals surface area contributed by atoms with Gasteiger partial charge in [0.05, 0.1) is 5.69 Å². The van der Waals surface area contributed by atoms with Crippen LogP contribution in [0.25, 0.3) is 11.3 Å². The molecule has 0 aliphatic heterocycles. The van der Waals surface area contributed by atoms with Crippen molar-refractivity contribution in [2.45, 2.75) is 13.5 Å². The number of aromatic nitrogens is 1. The highest BCUT2D eigenvalue weighted by molar-refractivity contribution is 7.13. The van der Waals surface area contributed by atoms with Crippen molar-refractivity contribution in [1.82, 2.24) is 10.3 Å². The number of nitrogen functional groups attached to an aromatic ring is 1. The summed E-state index contributed by atoms with van der Waals surface area (Å²) >= 11 is 7.64. The predicted octanol–water partition coefficient (Wildman–Crippen LogP) is 2.26. The zero-order valence-corrected chi connectivity index (χ0v) is 13.2. The molecule has 112 valence electrons. The molecule has 1 atom stereocenters. The maximum absolute atomic E-state index is 11.7. The highest BCUT2D eigenvalue weighted by atomic mass is 35.5. The third kappa shape index (κ3) is 3.93. The van der Waals surface area contributed by atoms with E-state index in [1.807, 2.05) is 23.6 Å². The number of thiazole rings is 1. The second-order valence-corrected chi connectivity index (χ2v) is 6.03. The van der Waals surface area contributed by atoms with Gasteiger partial charge < -0.3 is 16.8 Å². The Morgan fingerprint density at radius 2 is 2.29 bits per heavy atom. The molecule has 5 nitrogen and oxygen atoms in total. The molecule has 5 N–H and O–H groups in total. The lowest BCUT2D eigenvalue weighted by atomic mass is 10.1. The number of carbonyl (C=O) groups is 1. The average Bonchev–Trinajstić information content (AvgIpc) is 2.91. The van der Waals surface area contributed by atoms with Gasteiger partial charge in [-0.1, -0.05) is 30.7 Å². The Balaban J connectivity index is 2.08. The summed E-state index contributed by atoms with van der Waals surface area (Å²) in [7, 11) is 0. The molecule has 7 heteroatoms. The Kier molecular flexibility index (Phi) is 5.17. The second-order valence-electron chi connectivity index (χ2n) is 4.73. The molecule has 1 amide bonds. The molecule has 21 heavy (non-hydrogen) atoms. The monoisotopic (exact) mass is 324 g/mol. The molecule has 0 bridgehead atoms. The number of benzene rings is 1. The molecular weight excluding hydrogens is 308 g/mol. The third-order valence-electron chi connectivity index (χ3n) is 3.12. The van der Waals surface area contributed by atoms with E-state index in [4.69, 9.17) is 23.1 Å². The molecule has 0 fully saturated rings.